The van der Waals surface area contributed by atoms with Crippen LogP contribution in [0.2, 0.25) is 0 Å². The fourth-order valence-corrected chi connectivity index (χ4v) is 3.67. The second kappa shape index (κ2) is 7.67. The molecule has 1 aliphatic rings. The summed E-state index contributed by atoms with van der Waals surface area (Å²) >= 11 is 0. The quantitative estimate of drug-likeness (QED) is 0.672. The van der Waals surface area contributed by atoms with E-state index in [0.717, 1.165) is 28.7 Å². The summed E-state index contributed by atoms with van der Waals surface area (Å²) in [7, 11) is 0. The third-order valence-corrected chi connectivity index (χ3v) is 5.02. The first-order valence-electron chi connectivity index (χ1n) is 9.26. The number of anilines is 1. The summed E-state index contributed by atoms with van der Waals surface area (Å²) < 4.78 is 42.3. The summed E-state index contributed by atoms with van der Waals surface area (Å²) in [5, 5.41) is 2.73. The van der Waals surface area contributed by atoms with Gasteiger partial charge in [-0.15, -0.1) is 0 Å². The van der Waals surface area contributed by atoms with E-state index in [0.29, 0.717) is 16.8 Å². The van der Waals surface area contributed by atoms with Crippen molar-refractivity contribution in [3.63, 3.8) is 0 Å². The van der Waals surface area contributed by atoms with Crippen LogP contribution in [-0.2, 0) is 4.79 Å². The van der Waals surface area contributed by atoms with Crippen LogP contribution in [0.3, 0.4) is 0 Å². The van der Waals surface area contributed by atoms with Crippen molar-refractivity contribution in [1.82, 2.24) is 4.90 Å². The van der Waals surface area contributed by atoms with Crippen molar-refractivity contribution in [3.05, 3.63) is 100 Å². The molecule has 4 nitrogen and oxygen atoms in total. The molecule has 0 unspecified atom stereocenters. The molecule has 0 radical (unpaired) electrons. The predicted molar refractivity (Wildman–Crippen MR) is 105 cm³/mol. The number of fused-ring (bicyclic) bond motifs is 1. The van der Waals surface area contributed by atoms with Gasteiger partial charge in [0.25, 0.3) is 5.91 Å². The molecule has 4 rings (SSSR count). The largest absolute Gasteiger partial charge is 0.324 e. The van der Waals surface area contributed by atoms with Crippen molar-refractivity contribution in [3.8, 4) is 0 Å². The van der Waals surface area contributed by atoms with Gasteiger partial charge in [0.2, 0.25) is 5.91 Å². The van der Waals surface area contributed by atoms with Gasteiger partial charge in [-0.2, -0.15) is 0 Å². The average Bonchev–Trinajstić information content (AvgIpc) is 2.84. The number of hydrogen-bond donors (Lipinski definition) is 1. The van der Waals surface area contributed by atoms with E-state index in [1.165, 1.54) is 24.3 Å². The maximum Gasteiger partial charge on any atom is 0.261 e. The highest BCUT2D eigenvalue weighted by Crippen LogP contribution is 2.37. The van der Waals surface area contributed by atoms with E-state index in [9.17, 15) is 22.8 Å². The van der Waals surface area contributed by atoms with Crippen LogP contribution in [0.25, 0.3) is 0 Å². The highest BCUT2D eigenvalue weighted by atomic mass is 19.1. The Kier molecular flexibility index (Phi) is 5.03. The van der Waals surface area contributed by atoms with Gasteiger partial charge in [0.1, 0.15) is 29.6 Å². The van der Waals surface area contributed by atoms with Crippen LogP contribution in [0, 0.1) is 24.4 Å². The summed E-state index contributed by atoms with van der Waals surface area (Å²) in [6.45, 7) is 1.42. The molecule has 0 bridgehead atoms. The van der Waals surface area contributed by atoms with Crippen LogP contribution in [0.15, 0.2) is 60.7 Å². The Hall–Kier alpha value is -3.61. The lowest BCUT2D eigenvalue weighted by Gasteiger charge is -2.31. The number of nitrogens with zero attached hydrogens (tertiary/aromatic N) is 1. The third kappa shape index (κ3) is 3.54. The molecule has 0 aliphatic carbocycles. The van der Waals surface area contributed by atoms with Gasteiger partial charge >= 0.3 is 0 Å². The van der Waals surface area contributed by atoms with Crippen molar-refractivity contribution >= 4 is 17.5 Å². The van der Waals surface area contributed by atoms with Crippen LogP contribution >= 0.6 is 0 Å². The molecule has 1 heterocycles. The summed E-state index contributed by atoms with van der Waals surface area (Å²) in [5.41, 5.74) is 1.67. The van der Waals surface area contributed by atoms with Crippen LogP contribution in [0.5, 0.6) is 0 Å². The normalized spacial score (nSPS) is 15.9. The smallest absolute Gasteiger partial charge is 0.261 e. The fraction of sp³-hybridized carbons (Fsp3) is 0.130. The molecule has 1 atom stereocenters. The molecule has 1 aliphatic heterocycles. The van der Waals surface area contributed by atoms with Crippen molar-refractivity contribution in [1.29, 1.82) is 0 Å². The summed E-state index contributed by atoms with van der Waals surface area (Å²) in [5.74, 6) is -3.98. The number of aryl methyl sites for hydroxylation is 1. The van der Waals surface area contributed by atoms with Gasteiger partial charge in [0.15, 0.2) is 0 Å². The molecule has 0 saturated carbocycles. The standard InChI is InChI=1S/C23H17F3N2O2/c1-13-5-10-19-16(11-13)22(14-6-8-15(24)9-7-14)28(12-20(29)27-19)23(30)21-17(25)3-2-4-18(21)26/h2-11,22H,12H2,1H3,(H,27,29)/t22-/m0/s1. The van der Waals surface area contributed by atoms with E-state index in [4.69, 9.17) is 0 Å². The zero-order valence-electron chi connectivity index (χ0n) is 16.0. The Morgan fingerprint density at radius 2 is 1.67 bits per heavy atom. The zero-order chi connectivity index (χ0) is 21.4. The Bertz CT molecular complexity index is 1130. The highest BCUT2D eigenvalue weighted by molar-refractivity contribution is 6.01. The Balaban J connectivity index is 1.93. The Labute approximate surface area is 170 Å². The van der Waals surface area contributed by atoms with Gasteiger partial charge in [0.05, 0.1) is 6.04 Å². The van der Waals surface area contributed by atoms with E-state index < -0.39 is 47.4 Å². The maximum atomic E-state index is 14.4. The number of carbonyl (C=O) groups excluding carboxylic acids is 2. The first-order valence-corrected chi connectivity index (χ1v) is 9.26. The molecule has 0 fully saturated rings. The minimum Gasteiger partial charge on any atom is -0.324 e. The first kappa shape index (κ1) is 19.7. The number of hydrogen-bond acceptors (Lipinski definition) is 2. The maximum absolute atomic E-state index is 14.4. The van der Waals surface area contributed by atoms with E-state index in [1.54, 1.807) is 18.2 Å². The number of amides is 2. The summed E-state index contributed by atoms with van der Waals surface area (Å²) in [6, 6.07) is 13.0. The highest BCUT2D eigenvalue weighted by Gasteiger charge is 2.36. The van der Waals surface area contributed by atoms with E-state index in [2.05, 4.69) is 5.32 Å². The van der Waals surface area contributed by atoms with E-state index in [1.807, 2.05) is 6.92 Å². The third-order valence-electron chi connectivity index (χ3n) is 5.02. The van der Waals surface area contributed by atoms with Gasteiger partial charge in [0, 0.05) is 11.3 Å². The van der Waals surface area contributed by atoms with E-state index in [-0.39, 0.29) is 0 Å². The minimum atomic E-state index is -1.02. The molecule has 7 heteroatoms. The summed E-state index contributed by atoms with van der Waals surface area (Å²) in [4.78, 5) is 26.9. The molecule has 1 N–H and O–H groups in total. The van der Waals surface area contributed by atoms with Crippen LogP contribution in [0.4, 0.5) is 18.9 Å². The van der Waals surface area contributed by atoms with Crippen LogP contribution in [0.1, 0.15) is 33.1 Å². The van der Waals surface area contributed by atoms with Crippen molar-refractivity contribution in [2.75, 3.05) is 11.9 Å². The molecule has 0 spiro atoms. The number of benzene rings is 3. The van der Waals surface area contributed by atoms with Gasteiger partial charge in [-0.3, -0.25) is 9.59 Å². The molecule has 30 heavy (non-hydrogen) atoms. The molecular formula is C23H17F3N2O2. The molecule has 152 valence electrons. The van der Waals surface area contributed by atoms with Crippen LogP contribution < -0.4 is 5.32 Å². The number of nitrogens with one attached hydrogen (secondary N) is 1. The molecule has 0 saturated heterocycles. The average molecular weight is 410 g/mol. The second-order valence-electron chi connectivity index (χ2n) is 7.12. The second-order valence-corrected chi connectivity index (χ2v) is 7.12. The minimum absolute atomic E-state index is 0.428. The lowest BCUT2D eigenvalue weighted by molar-refractivity contribution is -0.117. The Morgan fingerprint density at radius 1 is 1.00 bits per heavy atom. The van der Waals surface area contributed by atoms with Crippen molar-refractivity contribution in [2.24, 2.45) is 0 Å². The monoisotopic (exact) mass is 410 g/mol. The zero-order valence-corrected chi connectivity index (χ0v) is 16.0. The lowest BCUT2D eigenvalue weighted by atomic mass is 9.94. The van der Waals surface area contributed by atoms with Crippen molar-refractivity contribution < 1.29 is 22.8 Å². The number of carbonyl (C=O) groups is 2. The molecule has 0 aromatic heterocycles. The Morgan fingerprint density at radius 3 is 2.33 bits per heavy atom. The lowest BCUT2D eigenvalue weighted by Crippen LogP contribution is -2.39. The molecular weight excluding hydrogens is 393 g/mol. The number of halogens is 3. The molecule has 2 amide bonds. The van der Waals surface area contributed by atoms with Crippen LogP contribution in [-0.4, -0.2) is 23.3 Å². The van der Waals surface area contributed by atoms with Gasteiger partial charge in [-0.25, -0.2) is 13.2 Å². The molecule has 3 aromatic carbocycles. The SMILES string of the molecule is Cc1ccc2c(c1)[C@H](c1ccc(F)cc1)N(C(=O)c1c(F)cccc1F)CC(=O)N2. The van der Waals surface area contributed by atoms with Gasteiger partial charge < -0.3 is 10.2 Å². The number of rotatable bonds is 2. The van der Waals surface area contributed by atoms with Gasteiger partial charge in [-0.1, -0.05) is 35.9 Å². The predicted octanol–water partition coefficient (Wildman–Crippen LogP) is 4.60. The van der Waals surface area contributed by atoms with Crippen molar-refractivity contribution in [2.45, 2.75) is 13.0 Å². The first-order chi connectivity index (χ1) is 14.3. The van der Waals surface area contributed by atoms with E-state index >= 15 is 0 Å². The molecule has 3 aromatic rings. The summed E-state index contributed by atoms with van der Waals surface area (Å²) in [6.07, 6.45) is 0. The fourth-order valence-electron chi connectivity index (χ4n) is 3.67. The van der Waals surface area contributed by atoms with Gasteiger partial charge in [-0.05, 0) is 42.8 Å². The topological polar surface area (TPSA) is 49.4 Å².